The lowest BCUT2D eigenvalue weighted by molar-refractivity contribution is -0.133. The van der Waals surface area contributed by atoms with Gasteiger partial charge in [0.05, 0.1) is 0 Å². The molecule has 0 bridgehead atoms. The second kappa shape index (κ2) is 7.89. The highest BCUT2D eigenvalue weighted by molar-refractivity contribution is 7.10. The molecule has 18 heavy (non-hydrogen) atoms. The molecule has 0 saturated heterocycles. The Morgan fingerprint density at radius 3 is 2.44 bits per heavy atom. The summed E-state index contributed by atoms with van der Waals surface area (Å²) >= 11 is 1.81. The molecule has 1 heterocycles. The van der Waals surface area contributed by atoms with Crippen molar-refractivity contribution in [3.8, 4) is 0 Å². The van der Waals surface area contributed by atoms with Gasteiger partial charge in [-0.1, -0.05) is 19.9 Å². The van der Waals surface area contributed by atoms with Gasteiger partial charge in [0, 0.05) is 36.6 Å². The van der Waals surface area contributed by atoms with Gasteiger partial charge in [0.2, 0.25) is 0 Å². The lowest BCUT2D eigenvalue weighted by Gasteiger charge is -2.25. The van der Waals surface area contributed by atoms with Gasteiger partial charge in [-0.05, 0) is 25.3 Å². The van der Waals surface area contributed by atoms with Crippen LogP contribution in [0.25, 0.3) is 0 Å². The Kier molecular flexibility index (Phi) is 6.86. The third-order valence-corrected chi connectivity index (χ3v) is 4.01. The average molecular weight is 271 g/mol. The molecule has 0 atom stereocenters. The fourth-order valence-electron chi connectivity index (χ4n) is 1.79. The van der Waals surface area contributed by atoms with E-state index in [-0.39, 0.29) is 11.7 Å². The average Bonchev–Trinajstić information content (AvgIpc) is 2.83. The van der Waals surface area contributed by atoms with Crippen LogP contribution in [-0.4, -0.2) is 32.6 Å². The molecular weight excluding hydrogens is 246 g/mol. The smallest absolute Gasteiger partial charge is 0.169 e. The van der Waals surface area contributed by atoms with Crippen molar-refractivity contribution in [1.29, 1.82) is 0 Å². The molecule has 0 radical (unpaired) electrons. The maximum Gasteiger partial charge on any atom is 0.169 e. The lowest BCUT2D eigenvalue weighted by Crippen LogP contribution is -2.38. The van der Waals surface area contributed by atoms with Gasteiger partial charge in [0.15, 0.2) is 6.29 Å². The highest BCUT2D eigenvalue weighted by Crippen LogP contribution is 2.26. The molecule has 3 nitrogen and oxygen atoms in total. The Balaban J connectivity index is 2.35. The molecule has 0 amide bonds. The molecule has 0 spiro atoms. The summed E-state index contributed by atoms with van der Waals surface area (Å²) in [6.45, 7) is 11.5. The first-order valence-corrected chi connectivity index (χ1v) is 7.46. The SMILES string of the molecule is CCOC(CNCC(C)(C)c1cccs1)OCC. The second-order valence-corrected chi connectivity index (χ2v) is 5.78. The number of hydrogen-bond acceptors (Lipinski definition) is 4. The Morgan fingerprint density at radius 2 is 1.94 bits per heavy atom. The summed E-state index contributed by atoms with van der Waals surface area (Å²) in [5.74, 6) is 0. The van der Waals surface area contributed by atoms with Gasteiger partial charge in [0.1, 0.15) is 0 Å². The van der Waals surface area contributed by atoms with Crippen LogP contribution < -0.4 is 5.32 Å². The molecule has 1 N–H and O–H groups in total. The first-order valence-electron chi connectivity index (χ1n) is 6.58. The largest absolute Gasteiger partial charge is 0.352 e. The zero-order valence-electron chi connectivity index (χ0n) is 11.9. The van der Waals surface area contributed by atoms with Gasteiger partial charge < -0.3 is 14.8 Å². The summed E-state index contributed by atoms with van der Waals surface area (Å²) in [6.07, 6.45) is -0.140. The molecule has 0 saturated carbocycles. The van der Waals surface area contributed by atoms with Gasteiger partial charge >= 0.3 is 0 Å². The van der Waals surface area contributed by atoms with E-state index in [9.17, 15) is 0 Å². The van der Waals surface area contributed by atoms with E-state index in [0.717, 1.165) is 13.1 Å². The van der Waals surface area contributed by atoms with E-state index >= 15 is 0 Å². The number of thiophene rings is 1. The van der Waals surface area contributed by atoms with E-state index in [4.69, 9.17) is 9.47 Å². The van der Waals surface area contributed by atoms with Gasteiger partial charge in [-0.3, -0.25) is 0 Å². The van der Waals surface area contributed by atoms with Gasteiger partial charge in [-0.25, -0.2) is 0 Å². The maximum atomic E-state index is 5.51. The third-order valence-electron chi connectivity index (χ3n) is 2.77. The summed E-state index contributed by atoms with van der Waals surface area (Å²) < 4.78 is 11.0. The standard InChI is InChI=1S/C14H25NO2S/c1-5-16-13(17-6-2)10-15-11-14(3,4)12-8-7-9-18-12/h7-9,13,15H,5-6,10-11H2,1-4H3. The minimum Gasteiger partial charge on any atom is -0.352 e. The van der Waals surface area contributed by atoms with Gasteiger partial charge in [-0.15, -0.1) is 11.3 Å². The van der Waals surface area contributed by atoms with Crippen molar-refractivity contribution in [1.82, 2.24) is 5.32 Å². The predicted octanol–water partition coefficient (Wildman–Crippen LogP) is 3.01. The minimum atomic E-state index is -0.140. The highest BCUT2D eigenvalue weighted by Gasteiger charge is 2.21. The van der Waals surface area contributed by atoms with E-state index in [1.54, 1.807) is 11.3 Å². The molecule has 104 valence electrons. The molecule has 0 aliphatic rings. The van der Waals surface area contributed by atoms with Crippen LogP contribution in [0.1, 0.15) is 32.6 Å². The summed E-state index contributed by atoms with van der Waals surface area (Å²) in [6, 6.07) is 4.29. The monoisotopic (exact) mass is 271 g/mol. The van der Waals surface area contributed by atoms with Crippen LogP contribution in [0.4, 0.5) is 0 Å². The first-order chi connectivity index (χ1) is 8.60. The van der Waals surface area contributed by atoms with Crippen LogP contribution in [-0.2, 0) is 14.9 Å². The van der Waals surface area contributed by atoms with E-state index in [1.165, 1.54) is 4.88 Å². The number of hydrogen-bond donors (Lipinski definition) is 1. The second-order valence-electron chi connectivity index (χ2n) is 4.83. The quantitative estimate of drug-likeness (QED) is 0.700. The van der Waals surface area contributed by atoms with Gasteiger partial charge in [0.25, 0.3) is 0 Å². The number of nitrogens with one attached hydrogen (secondary N) is 1. The molecule has 0 aliphatic heterocycles. The van der Waals surface area contributed by atoms with Crippen LogP contribution in [0.5, 0.6) is 0 Å². The predicted molar refractivity (Wildman–Crippen MR) is 77.3 cm³/mol. The van der Waals surface area contributed by atoms with Crippen molar-refractivity contribution in [3.05, 3.63) is 22.4 Å². The molecule has 1 rings (SSSR count). The summed E-state index contributed by atoms with van der Waals surface area (Å²) in [4.78, 5) is 1.40. The Hall–Kier alpha value is -0.420. The lowest BCUT2D eigenvalue weighted by atomic mass is 9.91. The third kappa shape index (κ3) is 5.06. The molecule has 0 aliphatic carbocycles. The normalized spacial score (nSPS) is 12.3. The topological polar surface area (TPSA) is 30.5 Å². The number of ether oxygens (including phenoxy) is 2. The van der Waals surface area contributed by atoms with Crippen molar-refractivity contribution >= 4 is 11.3 Å². The van der Waals surface area contributed by atoms with Crippen molar-refractivity contribution in [3.63, 3.8) is 0 Å². The van der Waals surface area contributed by atoms with Crippen LogP contribution in [0, 0.1) is 0 Å². The molecule has 1 aromatic rings. The molecule has 0 aromatic carbocycles. The van der Waals surface area contributed by atoms with Crippen molar-refractivity contribution in [2.75, 3.05) is 26.3 Å². The summed E-state index contributed by atoms with van der Waals surface area (Å²) in [5, 5.41) is 5.57. The first kappa shape index (κ1) is 15.6. The zero-order valence-corrected chi connectivity index (χ0v) is 12.7. The Morgan fingerprint density at radius 1 is 1.28 bits per heavy atom. The van der Waals surface area contributed by atoms with E-state index in [0.29, 0.717) is 13.2 Å². The van der Waals surface area contributed by atoms with E-state index < -0.39 is 0 Å². The van der Waals surface area contributed by atoms with Crippen LogP contribution in [0.2, 0.25) is 0 Å². The Bertz CT molecular complexity index is 306. The molecule has 0 fully saturated rings. The van der Waals surface area contributed by atoms with Gasteiger partial charge in [-0.2, -0.15) is 0 Å². The van der Waals surface area contributed by atoms with Crippen molar-refractivity contribution in [2.45, 2.75) is 39.4 Å². The molecule has 4 heteroatoms. The van der Waals surface area contributed by atoms with Crippen LogP contribution in [0.3, 0.4) is 0 Å². The molecular formula is C14H25NO2S. The minimum absolute atomic E-state index is 0.140. The molecule has 0 unspecified atom stereocenters. The fraction of sp³-hybridized carbons (Fsp3) is 0.714. The zero-order chi connectivity index (χ0) is 13.4. The van der Waals surface area contributed by atoms with Crippen LogP contribution in [0.15, 0.2) is 17.5 Å². The fourth-order valence-corrected chi connectivity index (χ4v) is 2.64. The number of rotatable bonds is 9. The van der Waals surface area contributed by atoms with Crippen molar-refractivity contribution < 1.29 is 9.47 Å². The molecule has 1 aromatic heterocycles. The highest BCUT2D eigenvalue weighted by atomic mass is 32.1. The summed E-state index contributed by atoms with van der Waals surface area (Å²) in [5.41, 5.74) is 0.150. The van der Waals surface area contributed by atoms with E-state index in [2.05, 4.69) is 36.7 Å². The summed E-state index contributed by atoms with van der Waals surface area (Å²) in [7, 11) is 0. The van der Waals surface area contributed by atoms with Crippen molar-refractivity contribution in [2.24, 2.45) is 0 Å². The van der Waals surface area contributed by atoms with Crippen LogP contribution >= 0.6 is 11.3 Å². The maximum absolute atomic E-state index is 5.51. The Labute approximate surface area is 114 Å². The van der Waals surface area contributed by atoms with E-state index in [1.807, 2.05) is 13.8 Å².